The maximum absolute atomic E-state index is 10.7. The molecule has 1 rings (SSSR count). The number of hydrogen-bond acceptors (Lipinski definition) is 2. The van der Waals surface area contributed by atoms with E-state index in [9.17, 15) is 4.79 Å². The first-order chi connectivity index (χ1) is 5.33. The van der Waals surface area contributed by atoms with Gasteiger partial charge in [0.15, 0.2) is 0 Å². The summed E-state index contributed by atoms with van der Waals surface area (Å²) >= 11 is 0. The number of hydrogen-bond donors (Lipinski definition) is 0. The Bertz CT molecular complexity index is 126. The quantitative estimate of drug-likeness (QED) is 0.584. The first kappa shape index (κ1) is 8.57. The van der Waals surface area contributed by atoms with Crippen molar-refractivity contribution in [1.82, 2.24) is 0 Å². The van der Waals surface area contributed by atoms with E-state index in [0.717, 1.165) is 0 Å². The van der Waals surface area contributed by atoms with Crippen molar-refractivity contribution in [2.24, 2.45) is 5.92 Å². The number of esters is 1. The van der Waals surface area contributed by atoms with Crippen molar-refractivity contribution in [2.75, 3.05) is 0 Å². The number of carbonyl (C=O) groups excluding carboxylic acids is 1. The number of carbonyl (C=O) groups is 1. The molecule has 0 aromatic rings. The van der Waals surface area contributed by atoms with E-state index in [-0.39, 0.29) is 5.97 Å². The largest absolute Gasteiger partial charge is 0.458 e. The summed E-state index contributed by atoms with van der Waals surface area (Å²) in [6, 6.07) is 0. The average Bonchev–Trinajstić information content (AvgIpc) is 2.52. The Labute approximate surface area is 67.9 Å². The van der Waals surface area contributed by atoms with Gasteiger partial charge in [-0.15, -0.1) is 0 Å². The molecular formula is C9H15O2. The summed E-state index contributed by atoms with van der Waals surface area (Å²) in [7, 11) is 0. The van der Waals surface area contributed by atoms with Crippen LogP contribution in [0.15, 0.2) is 0 Å². The van der Waals surface area contributed by atoms with Crippen LogP contribution in [0.4, 0.5) is 0 Å². The van der Waals surface area contributed by atoms with Crippen molar-refractivity contribution < 1.29 is 9.53 Å². The van der Waals surface area contributed by atoms with Crippen LogP contribution in [-0.2, 0) is 9.53 Å². The van der Waals surface area contributed by atoms with Crippen LogP contribution in [0.1, 0.15) is 39.0 Å². The topological polar surface area (TPSA) is 26.3 Å². The molecule has 0 unspecified atom stereocenters. The van der Waals surface area contributed by atoms with Gasteiger partial charge in [-0.2, -0.15) is 0 Å². The van der Waals surface area contributed by atoms with Gasteiger partial charge in [0.2, 0.25) is 0 Å². The van der Waals surface area contributed by atoms with Gasteiger partial charge in [0.1, 0.15) is 6.61 Å². The Morgan fingerprint density at radius 1 is 1.55 bits per heavy atom. The molecule has 63 valence electrons. The van der Waals surface area contributed by atoms with Crippen molar-refractivity contribution in [1.29, 1.82) is 0 Å². The molecular weight excluding hydrogens is 140 g/mol. The summed E-state index contributed by atoms with van der Waals surface area (Å²) in [5.41, 5.74) is 0. The summed E-state index contributed by atoms with van der Waals surface area (Å²) in [4.78, 5) is 10.7. The minimum absolute atomic E-state index is 0.114. The lowest BCUT2D eigenvalue weighted by Gasteiger charge is -2.07. The predicted molar refractivity (Wildman–Crippen MR) is 42.6 cm³/mol. The molecule has 1 fully saturated rings. The molecule has 2 nitrogen and oxygen atoms in total. The fraction of sp³-hybridized carbons (Fsp3) is 0.778. The highest BCUT2D eigenvalue weighted by molar-refractivity contribution is 5.69. The zero-order chi connectivity index (χ0) is 8.10. The zero-order valence-corrected chi connectivity index (χ0v) is 7.01. The Hall–Kier alpha value is -0.530. The standard InChI is InChI=1S/C9H15O2/c1-2-9(10)11-7-8-5-3-4-6-8/h7-8H,2-6H2,1H3. The summed E-state index contributed by atoms with van der Waals surface area (Å²) in [6.07, 6.45) is 5.42. The van der Waals surface area contributed by atoms with Gasteiger partial charge in [-0.1, -0.05) is 19.8 Å². The minimum Gasteiger partial charge on any atom is -0.458 e. The van der Waals surface area contributed by atoms with E-state index in [2.05, 4.69) is 0 Å². The fourth-order valence-electron chi connectivity index (χ4n) is 1.35. The maximum Gasteiger partial charge on any atom is 0.305 e. The highest BCUT2D eigenvalue weighted by atomic mass is 16.5. The van der Waals surface area contributed by atoms with Crippen molar-refractivity contribution in [3.05, 3.63) is 6.61 Å². The van der Waals surface area contributed by atoms with E-state index >= 15 is 0 Å². The molecule has 0 amide bonds. The second kappa shape index (κ2) is 4.37. The first-order valence-electron chi connectivity index (χ1n) is 4.35. The van der Waals surface area contributed by atoms with Crippen molar-refractivity contribution >= 4 is 5.97 Å². The van der Waals surface area contributed by atoms with E-state index in [0.29, 0.717) is 12.3 Å². The van der Waals surface area contributed by atoms with Gasteiger partial charge in [-0.05, 0) is 18.8 Å². The van der Waals surface area contributed by atoms with Gasteiger partial charge in [-0.3, -0.25) is 4.79 Å². The van der Waals surface area contributed by atoms with Gasteiger partial charge < -0.3 is 4.74 Å². The monoisotopic (exact) mass is 155 g/mol. The third kappa shape index (κ3) is 2.91. The lowest BCUT2D eigenvalue weighted by Crippen LogP contribution is -2.05. The Morgan fingerprint density at radius 2 is 2.18 bits per heavy atom. The van der Waals surface area contributed by atoms with E-state index in [1.54, 1.807) is 6.61 Å². The number of rotatable bonds is 3. The lowest BCUT2D eigenvalue weighted by molar-refractivity contribution is -0.140. The third-order valence-electron chi connectivity index (χ3n) is 2.08. The molecule has 0 heterocycles. The van der Waals surface area contributed by atoms with Crippen molar-refractivity contribution in [3.8, 4) is 0 Å². The molecule has 0 N–H and O–H groups in total. The first-order valence-corrected chi connectivity index (χ1v) is 4.35. The summed E-state index contributed by atoms with van der Waals surface area (Å²) in [5, 5.41) is 0. The Morgan fingerprint density at radius 3 is 2.73 bits per heavy atom. The molecule has 2 heteroatoms. The summed E-state index contributed by atoms with van der Waals surface area (Å²) in [6.45, 7) is 3.53. The van der Waals surface area contributed by atoms with Crippen LogP contribution in [-0.4, -0.2) is 5.97 Å². The van der Waals surface area contributed by atoms with Crippen molar-refractivity contribution in [3.63, 3.8) is 0 Å². The van der Waals surface area contributed by atoms with Crippen LogP contribution in [0.2, 0.25) is 0 Å². The third-order valence-corrected chi connectivity index (χ3v) is 2.08. The summed E-state index contributed by atoms with van der Waals surface area (Å²) < 4.78 is 4.91. The van der Waals surface area contributed by atoms with Crippen LogP contribution < -0.4 is 0 Å². The van der Waals surface area contributed by atoms with E-state index < -0.39 is 0 Å². The van der Waals surface area contributed by atoms with Gasteiger partial charge >= 0.3 is 5.97 Å². The van der Waals surface area contributed by atoms with Gasteiger partial charge in [-0.25, -0.2) is 0 Å². The molecule has 1 radical (unpaired) electrons. The highest BCUT2D eigenvalue weighted by Crippen LogP contribution is 2.27. The van der Waals surface area contributed by atoms with Crippen LogP contribution in [0, 0.1) is 12.5 Å². The van der Waals surface area contributed by atoms with Crippen LogP contribution in [0.25, 0.3) is 0 Å². The molecule has 0 spiro atoms. The Kier molecular flexibility index (Phi) is 3.40. The molecule has 0 aromatic heterocycles. The maximum atomic E-state index is 10.7. The van der Waals surface area contributed by atoms with E-state index in [1.807, 2.05) is 6.92 Å². The van der Waals surface area contributed by atoms with Crippen molar-refractivity contribution in [2.45, 2.75) is 39.0 Å². The van der Waals surface area contributed by atoms with Crippen LogP contribution >= 0.6 is 0 Å². The zero-order valence-electron chi connectivity index (χ0n) is 7.01. The molecule has 0 bridgehead atoms. The second-order valence-corrected chi connectivity index (χ2v) is 3.02. The second-order valence-electron chi connectivity index (χ2n) is 3.02. The molecule has 0 saturated heterocycles. The normalized spacial score (nSPS) is 18.6. The molecule has 11 heavy (non-hydrogen) atoms. The summed E-state index contributed by atoms with van der Waals surface area (Å²) in [5.74, 6) is 0.419. The predicted octanol–water partition coefficient (Wildman–Crippen LogP) is 2.29. The molecule has 0 aliphatic heterocycles. The molecule has 1 aliphatic rings. The molecule has 1 aliphatic carbocycles. The van der Waals surface area contributed by atoms with Gasteiger partial charge in [0.05, 0.1) is 0 Å². The lowest BCUT2D eigenvalue weighted by atomic mass is 10.1. The highest BCUT2D eigenvalue weighted by Gasteiger charge is 2.16. The minimum atomic E-state index is -0.114. The molecule has 1 saturated carbocycles. The van der Waals surface area contributed by atoms with Crippen LogP contribution in [0.3, 0.4) is 0 Å². The fourth-order valence-corrected chi connectivity index (χ4v) is 1.35. The molecule has 0 atom stereocenters. The van der Waals surface area contributed by atoms with E-state index in [1.165, 1.54) is 25.7 Å². The Balaban J connectivity index is 2.06. The van der Waals surface area contributed by atoms with Crippen LogP contribution in [0.5, 0.6) is 0 Å². The SMILES string of the molecule is CCC(=O)O[CH]C1CCCC1. The van der Waals surface area contributed by atoms with Gasteiger partial charge in [0.25, 0.3) is 0 Å². The smallest absolute Gasteiger partial charge is 0.305 e. The number of ether oxygens (including phenoxy) is 1. The average molecular weight is 155 g/mol. The van der Waals surface area contributed by atoms with E-state index in [4.69, 9.17) is 4.74 Å². The molecule has 0 aromatic carbocycles. The van der Waals surface area contributed by atoms with Gasteiger partial charge in [0, 0.05) is 6.42 Å².